The Labute approximate surface area is 257 Å². The van der Waals surface area contributed by atoms with Gasteiger partial charge in [0.25, 0.3) is 0 Å². The average Bonchev–Trinajstić information content (AvgIpc) is 3.44. The van der Waals surface area contributed by atoms with Gasteiger partial charge < -0.3 is 14.5 Å². The van der Waals surface area contributed by atoms with Gasteiger partial charge >= 0.3 is 0 Å². The third-order valence-electron chi connectivity index (χ3n) is 8.30. The fourth-order valence-electron chi connectivity index (χ4n) is 5.86. The Hall–Kier alpha value is -4.10. The van der Waals surface area contributed by atoms with E-state index in [9.17, 15) is 16.8 Å². The normalized spacial score (nSPS) is 19.0. The summed E-state index contributed by atoms with van der Waals surface area (Å²) >= 11 is 0. The summed E-state index contributed by atoms with van der Waals surface area (Å²) in [6.45, 7) is 2.03. The molecule has 0 radical (unpaired) electrons. The van der Waals surface area contributed by atoms with Crippen molar-refractivity contribution in [3.63, 3.8) is 0 Å². The van der Waals surface area contributed by atoms with Crippen molar-refractivity contribution in [3.8, 4) is 5.88 Å². The molecule has 3 aliphatic rings. The summed E-state index contributed by atoms with van der Waals surface area (Å²) < 4.78 is 54.7. The molecule has 2 aromatic heterocycles. The molecule has 0 amide bonds. The summed E-state index contributed by atoms with van der Waals surface area (Å²) in [5, 5.41) is 0. The van der Waals surface area contributed by atoms with Gasteiger partial charge in [-0.05, 0) is 23.6 Å². The van der Waals surface area contributed by atoms with Crippen molar-refractivity contribution in [2.45, 2.75) is 35.9 Å². The molecule has 4 heterocycles. The van der Waals surface area contributed by atoms with Gasteiger partial charge in [0, 0.05) is 81.1 Å². The van der Waals surface area contributed by atoms with E-state index >= 15 is 0 Å². The van der Waals surface area contributed by atoms with Crippen molar-refractivity contribution < 1.29 is 21.6 Å². The molecule has 1 aliphatic carbocycles. The maximum Gasteiger partial charge on any atom is 0.225 e. The number of hydrogen-bond acceptors (Lipinski definition) is 11. The van der Waals surface area contributed by atoms with Gasteiger partial charge in [0.2, 0.25) is 11.8 Å². The van der Waals surface area contributed by atoms with E-state index in [0.29, 0.717) is 36.2 Å². The molecule has 13 heteroatoms. The number of anilines is 2. The second-order valence-electron chi connectivity index (χ2n) is 11.3. The number of benzene rings is 1. The lowest BCUT2D eigenvalue weighted by Crippen LogP contribution is -2.44. The molecule has 0 saturated carbocycles. The zero-order valence-corrected chi connectivity index (χ0v) is 26.2. The molecular weight excluding hydrogens is 601 g/mol. The molecular formula is C31H34N6O5S2. The van der Waals surface area contributed by atoms with E-state index in [2.05, 4.69) is 24.8 Å². The third kappa shape index (κ3) is 5.98. The average molecular weight is 635 g/mol. The lowest BCUT2D eigenvalue weighted by Gasteiger charge is -2.32. The van der Waals surface area contributed by atoms with Crippen molar-refractivity contribution >= 4 is 43.6 Å². The van der Waals surface area contributed by atoms with Crippen LogP contribution in [0.3, 0.4) is 0 Å². The van der Waals surface area contributed by atoms with Gasteiger partial charge in [0.1, 0.15) is 18.2 Å². The third-order valence-corrected chi connectivity index (χ3v) is 13.2. The maximum atomic E-state index is 12.6. The highest BCUT2D eigenvalue weighted by Gasteiger charge is 2.50. The Morgan fingerprint density at radius 3 is 2.25 bits per heavy atom. The summed E-state index contributed by atoms with van der Waals surface area (Å²) in [5.41, 5.74) is 3.51. The number of allylic oxidation sites excluding steroid dienone is 2. The number of ether oxygens (including phenoxy) is 1. The van der Waals surface area contributed by atoms with Crippen molar-refractivity contribution in [2.75, 3.05) is 41.9 Å². The zero-order chi connectivity index (χ0) is 31.0. The number of fused-ring (bicyclic) bond motifs is 1. The zero-order valence-electron chi connectivity index (χ0n) is 24.6. The molecule has 0 N–H and O–H groups in total. The fraction of sp³-hybridized carbons (Fsp3) is 0.355. The van der Waals surface area contributed by atoms with Crippen LogP contribution in [0.25, 0.3) is 12.2 Å². The predicted octanol–water partition coefficient (Wildman–Crippen LogP) is 3.69. The van der Waals surface area contributed by atoms with E-state index in [-0.39, 0.29) is 12.5 Å². The standard InChI is InChI=1S/C31H34N6O5S2/c1-43(38,39)31(44(2,40)41)14-10-27-25(19-31)11-17-37(27)28-18-29(35-22-34-28)42-26-12-15-36(16-13-26)30-32-20-24(21-33-30)9-8-23-6-4-3-5-7-23/h3-10,18-22,26H,11-17H2,1-2H3/b9-8+. The first kappa shape index (κ1) is 29.9. The quantitative estimate of drug-likeness (QED) is 0.359. The van der Waals surface area contributed by atoms with Gasteiger partial charge in [-0.1, -0.05) is 48.6 Å². The summed E-state index contributed by atoms with van der Waals surface area (Å²) in [6, 6.07) is 11.9. The summed E-state index contributed by atoms with van der Waals surface area (Å²) in [5.74, 6) is 1.76. The Morgan fingerprint density at radius 2 is 1.57 bits per heavy atom. The fourth-order valence-corrected chi connectivity index (χ4v) is 9.54. The molecule has 0 spiro atoms. The largest absolute Gasteiger partial charge is 0.474 e. The Balaban J connectivity index is 1.07. The Kier molecular flexibility index (Phi) is 8.01. The van der Waals surface area contributed by atoms with E-state index in [0.717, 1.165) is 55.3 Å². The topological polar surface area (TPSA) is 136 Å². The highest BCUT2D eigenvalue weighted by Crippen LogP contribution is 2.42. The van der Waals surface area contributed by atoms with Crippen LogP contribution < -0.4 is 14.5 Å². The van der Waals surface area contributed by atoms with Crippen LogP contribution in [-0.2, 0) is 19.7 Å². The van der Waals surface area contributed by atoms with Crippen LogP contribution in [0.2, 0.25) is 0 Å². The molecule has 44 heavy (non-hydrogen) atoms. The van der Waals surface area contributed by atoms with Crippen LogP contribution in [0.5, 0.6) is 5.88 Å². The van der Waals surface area contributed by atoms with Crippen LogP contribution in [0.4, 0.5) is 11.8 Å². The minimum atomic E-state index is -3.91. The van der Waals surface area contributed by atoms with Crippen LogP contribution in [-0.4, -0.2) is 79.1 Å². The smallest absolute Gasteiger partial charge is 0.225 e. The molecule has 2 fully saturated rings. The summed E-state index contributed by atoms with van der Waals surface area (Å²) in [7, 11) is -7.82. The molecule has 0 unspecified atom stereocenters. The van der Waals surface area contributed by atoms with E-state index in [1.54, 1.807) is 12.1 Å². The maximum absolute atomic E-state index is 12.6. The number of rotatable bonds is 8. The molecule has 2 aliphatic heterocycles. The van der Waals surface area contributed by atoms with E-state index in [4.69, 9.17) is 4.74 Å². The molecule has 6 rings (SSSR count). The lowest BCUT2D eigenvalue weighted by atomic mass is 10.0. The summed E-state index contributed by atoms with van der Waals surface area (Å²) in [4.78, 5) is 22.0. The van der Waals surface area contributed by atoms with E-state index in [1.165, 1.54) is 12.4 Å². The number of hydrogen-bond donors (Lipinski definition) is 0. The second-order valence-corrected chi connectivity index (χ2v) is 16.1. The molecule has 0 bridgehead atoms. The molecule has 11 nitrogen and oxygen atoms in total. The monoisotopic (exact) mass is 634 g/mol. The van der Waals surface area contributed by atoms with Crippen LogP contribution in [0.15, 0.2) is 78.5 Å². The Bertz CT molecular complexity index is 1800. The molecule has 0 atom stereocenters. The number of nitrogens with zero attached hydrogens (tertiary/aromatic N) is 6. The summed E-state index contributed by atoms with van der Waals surface area (Å²) in [6.07, 6.45) is 16.1. The minimum Gasteiger partial charge on any atom is -0.474 e. The van der Waals surface area contributed by atoms with Gasteiger partial charge in [-0.25, -0.2) is 36.8 Å². The van der Waals surface area contributed by atoms with Crippen molar-refractivity contribution in [3.05, 3.63) is 89.7 Å². The highest BCUT2D eigenvalue weighted by atomic mass is 32.3. The molecule has 230 valence electrons. The van der Waals surface area contributed by atoms with Crippen molar-refractivity contribution in [2.24, 2.45) is 0 Å². The molecule has 2 saturated heterocycles. The van der Waals surface area contributed by atoms with Crippen LogP contribution in [0, 0.1) is 0 Å². The van der Waals surface area contributed by atoms with Gasteiger partial charge in [-0.2, -0.15) is 0 Å². The predicted molar refractivity (Wildman–Crippen MR) is 170 cm³/mol. The Morgan fingerprint density at radius 1 is 0.886 bits per heavy atom. The minimum absolute atomic E-state index is 0.0323. The lowest BCUT2D eigenvalue weighted by molar-refractivity contribution is 0.163. The number of sulfone groups is 2. The number of piperidine rings is 1. The first-order valence-corrected chi connectivity index (χ1v) is 18.2. The van der Waals surface area contributed by atoms with Crippen LogP contribution in [0.1, 0.15) is 36.8 Å². The second kappa shape index (κ2) is 11.8. The molecule has 3 aromatic rings. The van der Waals surface area contributed by atoms with E-state index in [1.807, 2.05) is 59.8 Å². The van der Waals surface area contributed by atoms with Gasteiger partial charge in [-0.3, -0.25) is 0 Å². The van der Waals surface area contributed by atoms with Gasteiger partial charge in [-0.15, -0.1) is 0 Å². The SMILES string of the molecule is CS(=O)(=O)C1(S(C)(=O)=O)C=C2CCN(c3cc(OC4CCN(c5ncc(/C=C/c6ccccc6)cn5)CC4)ncn3)C2=CC1. The van der Waals surface area contributed by atoms with Crippen molar-refractivity contribution in [1.82, 2.24) is 19.9 Å². The highest BCUT2D eigenvalue weighted by molar-refractivity contribution is 8.10. The first-order chi connectivity index (χ1) is 21.0. The van der Waals surface area contributed by atoms with E-state index < -0.39 is 23.8 Å². The van der Waals surface area contributed by atoms with Crippen molar-refractivity contribution in [1.29, 1.82) is 0 Å². The van der Waals surface area contributed by atoms with Gasteiger partial charge in [0.05, 0.1) is 0 Å². The molecule has 1 aromatic carbocycles. The van der Waals surface area contributed by atoms with Gasteiger partial charge in [0.15, 0.2) is 23.8 Å². The van der Waals surface area contributed by atoms with Crippen LogP contribution >= 0.6 is 0 Å². The number of aromatic nitrogens is 4. The first-order valence-electron chi connectivity index (χ1n) is 14.4.